The molecule has 1 aromatic heterocycles. The van der Waals surface area contributed by atoms with Gasteiger partial charge in [-0.25, -0.2) is 13.8 Å². The van der Waals surface area contributed by atoms with Gasteiger partial charge >= 0.3 is 0 Å². The topological polar surface area (TPSA) is 56.0 Å². The molecule has 0 saturated carbocycles. The largest absolute Gasteiger partial charge is 0.291 e. The van der Waals surface area contributed by atoms with Crippen LogP contribution in [0.25, 0.3) is 0 Å². The molecule has 0 N–H and O–H groups in total. The molecule has 0 unspecified atom stereocenters. The van der Waals surface area contributed by atoms with E-state index in [1.165, 1.54) is 6.92 Å². The van der Waals surface area contributed by atoms with Gasteiger partial charge in [0, 0.05) is 6.07 Å². The molecule has 0 aliphatic heterocycles. The van der Waals surface area contributed by atoms with Crippen LogP contribution in [0.4, 0.5) is 18.9 Å². The smallest absolute Gasteiger partial charge is 0.258 e. The molecule has 0 amide bonds. The number of hydrogen-bond acceptors (Lipinski definition) is 3. The lowest BCUT2D eigenvalue weighted by atomic mass is 10.2. The van der Waals surface area contributed by atoms with E-state index < -0.39 is 28.5 Å². The first kappa shape index (κ1) is 10.4. The molecule has 0 aliphatic rings. The van der Waals surface area contributed by atoms with Crippen molar-refractivity contribution in [3.05, 3.63) is 33.4 Å². The van der Waals surface area contributed by atoms with Crippen molar-refractivity contribution in [3.8, 4) is 0 Å². The number of rotatable bonds is 2. The van der Waals surface area contributed by atoms with E-state index in [0.717, 1.165) is 0 Å². The molecule has 0 saturated heterocycles. The van der Waals surface area contributed by atoms with Crippen LogP contribution in [-0.2, 0) is 0 Å². The number of alkyl halides is 2. The van der Waals surface area contributed by atoms with Crippen molar-refractivity contribution in [3.63, 3.8) is 0 Å². The Balaban J connectivity index is 3.34. The van der Waals surface area contributed by atoms with Crippen LogP contribution in [0.1, 0.15) is 17.7 Å². The minimum Gasteiger partial charge on any atom is -0.258 e. The zero-order chi connectivity index (χ0) is 10.9. The van der Waals surface area contributed by atoms with Crippen molar-refractivity contribution in [2.75, 3.05) is 0 Å². The molecular weight excluding hydrogens is 201 g/mol. The number of hydrogen-bond donors (Lipinski definition) is 0. The molecule has 1 rings (SSSR count). The summed E-state index contributed by atoms with van der Waals surface area (Å²) in [6.45, 7) is 1.18. The Bertz CT molecular complexity index is 381. The molecule has 0 spiro atoms. The van der Waals surface area contributed by atoms with Crippen molar-refractivity contribution >= 4 is 5.69 Å². The second-order valence-corrected chi connectivity index (χ2v) is 2.53. The Morgan fingerprint density at radius 2 is 2.14 bits per heavy atom. The Labute approximate surface area is 76.5 Å². The highest BCUT2D eigenvalue weighted by Gasteiger charge is 2.22. The number of halogens is 3. The van der Waals surface area contributed by atoms with Gasteiger partial charge in [0.1, 0.15) is 5.69 Å². The SMILES string of the molecule is Cc1nc(F)c(C(F)F)cc1[N+](=O)[O-]. The van der Waals surface area contributed by atoms with Crippen molar-refractivity contribution < 1.29 is 18.1 Å². The molecule has 7 heteroatoms. The van der Waals surface area contributed by atoms with Gasteiger partial charge in [0.05, 0.1) is 10.5 Å². The van der Waals surface area contributed by atoms with Crippen molar-refractivity contribution in [2.24, 2.45) is 0 Å². The summed E-state index contributed by atoms with van der Waals surface area (Å²) in [5.41, 5.74) is -1.89. The van der Waals surface area contributed by atoms with E-state index in [9.17, 15) is 23.3 Å². The molecule has 0 bridgehead atoms. The molecule has 76 valence electrons. The maximum atomic E-state index is 12.7. The molecule has 0 aromatic carbocycles. The van der Waals surface area contributed by atoms with Crippen LogP contribution in [0, 0.1) is 23.0 Å². The molecule has 0 radical (unpaired) electrons. The predicted molar refractivity (Wildman–Crippen MR) is 40.5 cm³/mol. The molecular formula is C7H5F3N2O2. The fourth-order valence-electron chi connectivity index (χ4n) is 0.918. The van der Waals surface area contributed by atoms with Crippen LogP contribution >= 0.6 is 0 Å². The maximum Gasteiger partial charge on any atom is 0.291 e. The van der Waals surface area contributed by atoms with Gasteiger partial charge in [0.15, 0.2) is 0 Å². The first-order valence-corrected chi connectivity index (χ1v) is 3.53. The molecule has 1 heterocycles. The lowest BCUT2D eigenvalue weighted by Gasteiger charge is -2.02. The van der Waals surface area contributed by atoms with Crippen molar-refractivity contribution in [2.45, 2.75) is 13.3 Å². The van der Waals surface area contributed by atoms with Gasteiger partial charge in [0.25, 0.3) is 12.1 Å². The third-order valence-corrected chi connectivity index (χ3v) is 1.60. The van der Waals surface area contributed by atoms with Crippen LogP contribution in [0.5, 0.6) is 0 Å². The number of nitrogens with zero attached hydrogens (tertiary/aromatic N) is 2. The standard InChI is InChI=1S/C7H5F3N2O2/c1-3-5(12(13)14)2-4(6(8)9)7(10)11-3/h2,6H,1H3. The minimum absolute atomic E-state index is 0.225. The summed E-state index contributed by atoms with van der Waals surface area (Å²) in [6.07, 6.45) is -3.11. The zero-order valence-electron chi connectivity index (χ0n) is 7.00. The monoisotopic (exact) mass is 206 g/mol. The van der Waals surface area contributed by atoms with Gasteiger partial charge in [-0.1, -0.05) is 0 Å². The second kappa shape index (κ2) is 3.60. The summed E-state index contributed by atoms with van der Waals surface area (Å²) in [6, 6.07) is 0.502. The molecule has 0 fully saturated rings. The lowest BCUT2D eigenvalue weighted by Crippen LogP contribution is -2.01. The molecule has 14 heavy (non-hydrogen) atoms. The highest BCUT2D eigenvalue weighted by atomic mass is 19.3. The number of aryl methyl sites for hydroxylation is 1. The van der Waals surface area contributed by atoms with Crippen molar-refractivity contribution in [1.29, 1.82) is 0 Å². The van der Waals surface area contributed by atoms with Gasteiger partial charge in [-0.2, -0.15) is 4.39 Å². The Morgan fingerprint density at radius 3 is 2.57 bits per heavy atom. The zero-order valence-corrected chi connectivity index (χ0v) is 7.00. The highest BCUT2D eigenvalue weighted by Crippen LogP contribution is 2.26. The average molecular weight is 206 g/mol. The molecule has 0 aliphatic carbocycles. The summed E-state index contributed by atoms with van der Waals surface area (Å²) in [5.74, 6) is -1.37. The summed E-state index contributed by atoms with van der Waals surface area (Å²) >= 11 is 0. The van der Waals surface area contributed by atoms with E-state index in [-0.39, 0.29) is 5.69 Å². The summed E-state index contributed by atoms with van der Waals surface area (Å²) in [4.78, 5) is 12.5. The van der Waals surface area contributed by atoms with Gasteiger partial charge < -0.3 is 0 Å². The normalized spacial score (nSPS) is 10.6. The molecule has 1 aromatic rings. The first-order valence-electron chi connectivity index (χ1n) is 3.53. The second-order valence-electron chi connectivity index (χ2n) is 2.53. The van der Waals surface area contributed by atoms with Crippen LogP contribution in [0.15, 0.2) is 6.07 Å². The maximum absolute atomic E-state index is 12.7. The number of pyridine rings is 1. The molecule has 0 atom stereocenters. The first-order chi connectivity index (χ1) is 6.43. The van der Waals surface area contributed by atoms with Crippen LogP contribution in [0.3, 0.4) is 0 Å². The molecule has 4 nitrogen and oxygen atoms in total. The Hall–Kier alpha value is -1.66. The Morgan fingerprint density at radius 1 is 1.57 bits per heavy atom. The van der Waals surface area contributed by atoms with Crippen LogP contribution < -0.4 is 0 Å². The van der Waals surface area contributed by atoms with E-state index >= 15 is 0 Å². The van der Waals surface area contributed by atoms with Gasteiger partial charge in [-0.3, -0.25) is 10.1 Å². The van der Waals surface area contributed by atoms with E-state index in [1.807, 2.05) is 0 Å². The van der Waals surface area contributed by atoms with Crippen LogP contribution in [0.2, 0.25) is 0 Å². The highest BCUT2D eigenvalue weighted by molar-refractivity contribution is 5.38. The van der Waals surface area contributed by atoms with E-state index in [0.29, 0.717) is 6.07 Å². The Kier molecular flexibility index (Phi) is 2.68. The summed E-state index contributed by atoms with van der Waals surface area (Å²) in [7, 11) is 0. The summed E-state index contributed by atoms with van der Waals surface area (Å²) < 4.78 is 36.9. The van der Waals surface area contributed by atoms with E-state index in [1.54, 1.807) is 0 Å². The predicted octanol–water partition coefficient (Wildman–Crippen LogP) is 2.37. The van der Waals surface area contributed by atoms with Crippen molar-refractivity contribution in [1.82, 2.24) is 4.98 Å². The minimum atomic E-state index is -3.11. The fraction of sp³-hybridized carbons (Fsp3) is 0.286. The lowest BCUT2D eigenvalue weighted by molar-refractivity contribution is -0.385. The van der Waals surface area contributed by atoms with Gasteiger partial charge in [-0.05, 0) is 6.92 Å². The van der Waals surface area contributed by atoms with E-state index in [2.05, 4.69) is 4.98 Å². The number of aromatic nitrogens is 1. The third-order valence-electron chi connectivity index (χ3n) is 1.60. The fourth-order valence-corrected chi connectivity index (χ4v) is 0.918. The quantitative estimate of drug-likeness (QED) is 0.424. The van der Waals surface area contributed by atoms with Crippen LogP contribution in [-0.4, -0.2) is 9.91 Å². The third kappa shape index (κ3) is 1.81. The van der Waals surface area contributed by atoms with Gasteiger partial charge in [0.2, 0.25) is 5.95 Å². The van der Waals surface area contributed by atoms with E-state index in [4.69, 9.17) is 0 Å². The average Bonchev–Trinajstić information content (AvgIpc) is 2.02. The summed E-state index contributed by atoms with van der Waals surface area (Å²) in [5, 5.41) is 10.3. The number of nitro groups is 1. The van der Waals surface area contributed by atoms with Gasteiger partial charge in [-0.15, -0.1) is 0 Å².